The third-order valence-corrected chi connectivity index (χ3v) is 3.55. The van der Waals surface area contributed by atoms with Crippen LogP contribution >= 0.6 is 0 Å². The number of rotatable bonds is 5. The first-order valence-electron chi connectivity index (χ1n) is 7.42. The van der Waals surface area contributed by atoms with Crippen LogP contribution in [-0.4, -0.2) is 33.1 Å². The molecule has 0 saturated carbocycles. The number of carbonyl (C=O) groups is 2. The minimum absolute atomic E-state index is 0.107. The van der Waals surface area contributed by atoms with Gasteiger partial charge >= 0.3 is 0 Å². The van der Waals surface area contributed by atoms with E-state index in [1.54, 1.807) is 12.3 Å². The molecule has 0 aliphatic heterocycles. The summed E-state index contributed by atoms with van der Waals surface area (Å²) in [5.74, 6) is -0.645. The largest absolute Gasteiger partial charge is 0.350 e. The standard InChI is InChI=1S/C17H17N5O2/c1-22-11-12(14-4-2-3-5-15(14)22)6-7-16(23)18-10-17(24)21-13-8-19-20-9-13/h2-9,11H,10H2,1H3,(H,18,23)(H,19,20)(H,21,24). The Morgan fingerprint density at radius 2 is 2.17 bits per heavy atom. The van der Waals surface area contributed by atoms with Gasteiger partial charge in [-0.05, 0) is 12.1 Å². The van der Waals surface area contributed by atoms with Gasteiger partial charge in [0.15, 0.2) is 0 Å². The van der Waals surface area contributed by atoms with Gasteiger partial charge in [-0.2, -0.15) is 5.10 Å². The van der Waals surface area contributed by atoms with E-state index in [-0.39, 0.29) is 18.4 Å². The molecular weight excluding hydrogens is 306 g/mol. The van der Waals surface area contributed by atoms with Gasteiger partial charge in [-0.25, -0.2) is 0 Å². The molecule has 2 amide bonds. The first-order chi connectivity index (χ1) is 11.6. The van der Waals surface area contributed by atoms with Crippen LogP contribution in [0.15, 0.2) is 48.9 Å². The van der Waals surface area contributed by atoms with E-state index in [0.29, 0.717) is 5.69 Å². The zero-order chi connectivity index (χ0) is 16.9. The van der Waals surface area contributed by atoms with Crippen molar-refractivity contribution in [2.45, 2.75) is 0 Å². The summed E-state index contributed by atoms with van der Waals surface area (Å²) in [6.45, 7) is -0.107. The average Bonchev–Trinajstić information content (AvgIpc) is 3.20. The van der Waals surface area contributed by atoms with Gasteiger partial charge in [0, 0.05) is 42.0 Å². The van der Waals surface area contributed by atoms with Crippen molar-refractivity contribution in [1.29, 1.82) is 0 Å². The molecule has 2 heterocycles. The van der Waals surface area contributed by atoms with E-state index >= 15 is 0 Å². The van der Waals surface area contributed by atoms with Crippen molar-refractivity contribution in [3.8, 4) is 0 Å². The minimum atomic E-state index is -0.328. The average molecular weight is 323 g/mol. The molecule has 0 radical (unpaired) electrons. The lowest BCUT2D eigenvalue weighted by Crippen LogP contribution is -2.31. The van der Waals surface area contributed by atoms with Crippen LogP contribution in [-0.2, 0) is 16.6 Å². The molecule has 3 rings (SSSR count). The summed E-state index contributed by atoms with van der Waals surface area (Å²) in [5, 5.41) is 12.5. The maximum Gasteiger partial charge on any atom is 0.244 e. The third kappa shape index (κ3) is 3.52. The molecule has 122 valence electrons. The van der Waals surface area contributed by atoms with Crippen LogP contribution in [0.3, 0.4) is 0 Å². The maximum absolute atomic E-state index is 11.9. The van der Waals surface area contributed by atoms with Gasteiger partial charge in [0.1, 0.15) is 0 Å². The number of benzene rings is 1. The zero-order valence-electron chi connectivity index (χ0n) is 13.1. The summed E-state index contributed by atoms with van der Waals surface area (Å²) in [4.78, 5) is 23.5. The number of amides is 2. The Hall–Kier alpha value is -3.35. The predicted octanol–water partition coefficient (Wildman–Crippen LogP) is 1.67. The van der Waals surface area contributed by atoms with Crippen molar-refractivity contribution in [1.82, 2.24) is 20.1 Å². The van der Waals surface area contributed by atoms with E-state index in [0.717, 1.165) is 16.5 Å². The first kappa shape index (κ1) is 15.5. The second kappa shape index (κ2) is 6.82. The summed E-state index contributed by atoms with van der Waals surface area (Å²) in [6.07, 6.45) is 8.17. The highest BCUT2D eigenvalue weighted by molar-refractivity contribution is 5.99. The van der Waals surface area contributed by atoms with Crippen molar-refractivity contribution in [3.63, 3.8) is 0 Å². The van der Waals surface area contributed by atoms with Gasteiger partial charge in [0.05, 0.1) is 18.4 Å². The Labute approximate surface area is 138 Å². The number of aromatic amines is 1. The molecular formula is C17H17N5O2. The highest BCUT2D eigenvalue weighted by Crippen LogP contribution is 2.21. The number of fused-ring (bicyclic) bond motifs is 1. The molecule has 0 fully saturated rings. The summed E-state index contributed by atoms with van der Waals surface area (Å²) >= 11 is 0. The number of anilines is 1. The van der Waals surface area contributed by atoms with Gasteiger partial charge in [-0.3, -0.25) is 14.7 Å². The molecule has 0 aliphatic carbocycles. The lowest BCUT2D eigenvalue weighted by Gasteiger charge is -2.02. The molecule has 0 unspecified atom stereocenters. The van der Waals surface area contributed by atoms with Crippen molar-refractivity contribution >= 4 is 34.5 Å². The van der Waals surface area contributed by atoms with Crippen LogP contribution < -0.4 is 10.6 Å². The number of H-pyrrole nitrogens is 1. The summed E-state index contributed by atoms with van der Waals surface area (Å²) < 4.78 is 2.01. The van der Waals surface area contributed by atoms with E-state index in [2.05, 4.69) is 20.8 Å². The number of nitrogens with one attached hydrogen (secondary N) is 3. The second-order valence-electron chi connectivity index (χ2n) is 5.30. The fraction of sp³-hybridized carbons (Fsp3) is 0.118. The number of hydrogen-bond acceptors (Lipinski definition) is 3. The van der Waals surface area contributed by atoms with Gasteiger partial charge in [-0.1, -0.05) is 18.2 Å². The van der Waals surface area contributed by atoms with Crippen LogP contribution in [0.5, 0.6) is 0 Å². The van der Waals surface area contributed by atoms with Crippen LogP contribution in [0.1, 0.15) is 5.56 Å². The van der Waals surface area contributed by atoms with Gasteiger partial charge < -0.3 is 15.2 Å². The fourth-order valence-electron chi connectivity index (χ4n) is 2.42. The Kier molecular flexibility index (Phi) is 4.42. The maximum atomic E-state index is 11.9. The summed E-state index contributed by atoms with van der Waals surface area (Å²) in [6, 6.07) is 7.96. The van der Waals surface area contributed by atoms with Crippen molar-refractivity contribution in [3.05, 3.63) is 54.5 Å². The topological polar surface area (TPSA) is 91.8 Å². The molecule has 0 spiro atoms. The Morgan fingerprint density at radius 3 is 2.96 bits per heavy atom. The summed E-state index contributed by atoms with van der Waals surface area (Å²) in [7, 11) is 1.96. The second-order valence-corrected chi connectivity index (χ2v) is 5.30. The van der Waals surface area contributed by atoms with Crippen LogP contribution in [0.4, 0.5) is 5.69 Å². The summed E-state index contributed by atoms with van der Waals surface area (Å²) in [5.41, 5.74) is 2.60. The van der Waals surface area contributed by atoms with E-state index in [9.17, 15) is 9.59 Å². The molecule has 0 bridgehead atoms. The Balaban J connectivity index is 1.58. The van der Waals surface area contributed by atoms with E-state index in [4.69, 9.17) is 0 Å². The first-order valence-corrected chi connectivity index (χ1v) is 7.42. The Morgan fingerprint density at radius 1 is 1.33 bits per heavy atom. The zero-order valence-corrected chi connectivity index (χ0v) is 13.1. The van der Waals surface area contributed by atoms with Crippen LogP contribution in [0.2, 0.25) is 0 Å². The van der Waals surface area contributed by atoms with Crippen LogP contribution in [0.25, 0.3) is 17.0 Å². The lowest BCUT2D eigenvalue weighted by atomic mass is 10.1. The van der Waals surface area contributed by atoms with Gasteiger partial charge in [0.2, 0.25) is 11.8 Å². The molecule has 0 saturated heterocycles. The molecule has 3 N–H and O–H groups in total. The molecule has 7 nitrogen and oxygen atoms in total. The number of aryl methyl sites for hydroxylation is 1. The van der Waals surface area contributed by atoms with E-state index in [1.165, 1.54) is 12.3 Å². The number of carbonyl (C=O) groups excluding carboxylic acids is 2. The third-order valence-electron chi connectivity index (χ3n) is 3.55. The van der Waals surface area contributed by atoms with Gasteiger partial charge in [0.25, 0.3) is 0 Å². The van der Waals surface area contributed by atoms with Crippen molar-refractivity contribution in [2.75, 3.05) is 11.9 Å². The highest BCUT2D eigenvalue weighted by atomic mass is 16.2. The monoisotopic (exact) mass is 323 g/mol. The quantitative estimate of drug-likeness (QED) is 0.624. The van der Waals surface area contributed by atoms with Gasteiger partial charge in [-0.15, -0.1) is 0 Å². The molecule has 2 aromatic heterocycles. The fourth-order valence-corrected chi connectivity index (χ4v) is 2.42. The minimum Gasteiger partial charge on any atom is -0.350 e. The highest BCUT2D eigenvalue weighted by Gasteiger charge is 2.06. The number of nitrogens with zero attached hydrogens (tertiary/aromatic N) is 2. The molecule has 24 heavy (non-hydrogen) atoms. The van der Waals surface area contributed by atoms with E-state index < -0.39 is 0 Å². The molecule has 3 aromatic rings. The number of para-hydroxylation sites is 1. The lowest BCUT2D eigenvalue weighted by molar-refractivity contribution is -0.121. The number of aromatic nitrogens is 3. The van der Waals surface area contributed by atoms with E-state index in [1.807, 2.05) is 42.1 Å². The molecule has 7 heteroatoms. The smallest absolute Gasteiger partial charge is 0.244 e. The molecule has 0 atom stereocenters. The van der Waals surface area contributed by atoms with Crippen molar-refractivity contribution in [2.24, 2.45) is 7.05 Å². The Bertz CT molecular complexity index is 893. The van der Waals surface area contributed by atoms with Crippen LogP contribution in [0, 0.1) is 0 Å². The SMILES string of the molecule is Cn1cc(C=CC(=O)NCC(=O)Nc2cn[nH]c2)c2ccccc21. The predicted molar refractivity (Wildman–Crippen MR) is 92.2 cm³/mol. The normalized spacial score (nSPS) is 11.0. The number of hydrogen-bond donors (Lipinski definition) is 3. The molecule has 0 aliphatic rings. The van der Waals surface area contributed by atoms with Crippen molar-refractivity contribution < 1.29 is 9.59 Å². The molecule has 1 aromatic carbocycles.